The van der Waals surface area contributed by atoms with Gasteiger partial charge < -0.3 is 5.11 Å². The predicted molar refractivity (Wildman–Crippen MR) is 80.1 cm³/mol. The van der Waals surface area contributed by atoms with Crippen LogP contribution in [0, 0.1) is 5.41 Å². The first-order valence-corrected chi connectivity index (χ1v) is 7.02. The zero-order valence-electron chi connectivity index (χ0n) is 13.1. The second kappa shape index (κ2) is 6.49. The molecule has 1 N–H and O–H groups in total. The first-order chi connectivity index (χ1) is 8.75. The summed E-state index contributed by atoms with van der Waals surface area (Å²) < 4.78 is 0. The quantitative estimate of drug-likeness (QED) is 0.888. The van der Waals surface area contributed by atoms with E-state index in [0.29, 0.717) is 5.92 Å². The van der Waals surface area contributed by atoms with Crippen LogP contribution in [0.2, 0.25) is 0 Å². The molecule has 19 heavy (non-hydrogen) atoms. The fourth-order valence-electron chi connectivity index (χ4n) is 2.35. The van der Waals surface area contributed by atoms with Gasteiger partial charge in [0.2, 0.25) is 0 Å². The second-order valence-corrected chi connectivity index (χ2v) is 6.69. The van der Waals surface area contributed by atoms with Gasteiger partial charge in [-0.15, -0.1) is 0 Å². The van der Waals surface area contributed by atoms with Crippen molar-refractivity contribution in [1.82, 2.24) is 9.88 Å². The molecule has 0 saturated carbocycles. The summed E-state index contributed by atoms with van der Waals surface area (Å²) in [5, 5.41) is 9.59. The molecule has 1 unspecified atom stereocenters. The first kappa shape index (κ1) is 16.1. The maximum Gasteiger partial charge on any atom is 0.0591 e. The fraction of sp³-hybridized carbons (Fsp3) is 0.688. The Bertz CT molecular complexity index is 396. The maximum absolute atomic E-state index is 9.59. The number of aliphatic hydroxyl groups is 1. The molecule has 1 rings (SSSR count). The van der Waals surface area contributed by atoms with Crippen molar-refractivity contribution in [1.29, 1.82) is 0 Å². The molecular weight excluding hydrogens is 236 g/mol. The number of aliphatic hydroxyl groups excluding tert-OH is 1. The van der Waals surface area contributed by atoms with E-state index in [1.54, 1.807) is 0 Å². The van der Waals surface area contributed by atoms with Gasteiger partial charge in [0, 0.05) is 18.3 Å². The number of likely N-dealkylation sites (N-methyl/N-ethyl adjacent to an activating group) is 1. The average Bonchev–Trinajstić information content (AvgIpc) is 2.28. The van der Waals surface area contributed by atoms with Gasteiger partial charge in [-0.3, -0.25) is 9.88 Å². The molecule has 0 amide bonds. The van der Waals surface area contributed by atoms with Crippen molar-refractivity contribution < 1.29 is 5.11 Å². The smallest absolute Gasteiger partial charge is 0.0591 e. The standard InChI is InChI=1S/C16H28N2O/c1-12(2)14-9-7-8-13(17-14)10-18(6)15(11-19)16(3,4)5/h7-9,12,15,19H,10-11H2,1-6H3. The van der Waals surface area contributed by atoms with E-state index in [-0.39, 0.29) is 18.1 Å². The minimum absolute atomic E-state index is 0.0547. The Hall–Kier alpha value is -0.930. The Morgan fingerprint density at radius 2 is 1.89 bits per heavy atom. The van der Waals surface area contributed by atoms with Gasteiger partial charge in [-0.25, -0.2) is 0 Å². The first-order valence-electron chi connectivity index (χ1n) is 7.02. The molecule has 1 aromatic rings. The molecule has 0 aliphatic carbocycles. The third kappa shape index (κ3) is 4.59. The summed E-state index contributed by atoms with van der Waals surface area (Å²) in [6.45, 7) is 11.7. The average molecular weight is 264 g/mol. The van der Waals surface area contributed by atoms with Crippen LogP contribution in [0.3, 0.4) is 0 Å². The summed E-state index contributed by atoms with van der Waals surface area (Å²) >= 11 is 0. The summed E-state index contributed by atoms with van der Waals surface area (Å²) in [5.41, 5.74) is 2.25. The van der Waals surface area contributed by atoms with E-state index < -0.39 is 0 Å². The Balaban J connectivity index is 2.81. The van der Waals surface area contributed by atoms with Crippen LogP contribution in [-0.4, -0.2) is 34.7 Å². The minimum atomic E-state index is 0.0547. The zero-order chi connectivity index (χ0) is 14.6. The number of hydrogen-bond acceptors (Lipinski definition) is 3. The molecule has 1 aromatic heterocycles. The number of nitrogens with zero attached hydrogens (tertiary/aromatic N) is 2. The molecule has 0 radical (unpaired) electrons. The minimum Gasteiger partial charge on any atom is -0.395 e. The Labute approximate surface area is 117 Å². The van der Waals surface area contributed by atoms with Gasteiger partial charge in [-0.1, -0.05) is 40.7 Å². The van der Waals surface area contributed by atoms with E-state index in [1.165, 1.54) is 0 Å². The summed E-state index contributed by atoms with van der Waals surface area (Å²) in [4.78, 5) is 6.87. The number of hydrogen-bond donors (Lipinski definition) is 1. The monoisotopic (exact) mass is 264 g/mol. The van der Waals surface area contributed by atoms with Crippen LogP contribution in [0.25, 0.3) is 0 Å². The van der Waals surface area contributed by atoms with Crippen molar-refractivity contribution in [2.75, 3.05) is 13.7 Å². The van der Waals surface area contributed by atoms with Crippen molar-refractivity contribution in [3.63, 3.8) is 0 Å². The van der Waals surface area contributed by atoms with E-state index in [4.69, 9.17) is 0 Å². The van der Waals surface area contributed by atoms with E-state index >= 15 is 0 Å². The molecule has 0 bridgehead atoms. The fourth-order valence-corrected chi connectivity index (χ4v) is 2.35. The van der Waals surface area contributed by atoms with Crippen LogP contribution in [0.5, 0.6) is 0 Å². The summed E-state index contributed by atoms with van der Waals surface area (Å²) in [5.74, 6) is 0.446. The highest BCUT2D eigenvalue weighted by molar-refractivity contribution is 5.14. The second-order valence-electron chi connectivity index (χ2n) is 6.69. The summed E-state index contributed by atoms with van der Waals surface area (Å²) in [7, 11) is 2.05. The van der Waals surface area contributed by atoms with Crippen molar-refractivity contribution in [3.05, 3.63) is 29.6 Å². The maximum atomic E-state index is 9.59. The largest absolute Gasteiger partial charge is 0.395 e. The molecule has 0 aliphatic heterocycles. The Morgan fingerprint density at radius 1 is 1.26 bits per heavy atom. The summed E-state index contributed by atoms with van der Waals surface area (Å²) in [6, 6.07) is 6.33. The van der Waals surface area contributed by atoms with E-state index in [1.807, 2.05) is 0 Å². The molecular formula is C16H28N2O. The number of pyridine rings is 1. The highest BCUT2D eigenvalue weighted by Gasteiger charge is 2.27. The third-order valence-corrected chi connectivity index (χ3v) is 3.54. The third-order valence-electron chi connectivity index (χ3n) is 3.54. The van der Waals surface area contributed by atoms with E-state index in [9.17, 15) is 5.11 Å². The van der Waals surface area contributed by atoms with Crippen LogP contribution in [0.15, 0.2) is 18.2 Å². The lowest BCUT2D eigenvalue weighted by molar-refractivity contribution is 0.0606. The molecule has 0 fully saturated rings. The Kier molecular flexibility index (Phi) is 5.50. The number of aromatic nitrogens is 1. The van der Waals surface area contributed by atoms with Gasteiger partial charge in [0.15, 0.2) is 0 Å². The van der Waals surface area contributed by atoms with Crippen molar-refractivity contribution in [3.8, 4) is 0 Å². The molecule has 1 heterocycles. The van der Waals surface area contributed by atoms with Crippen LogP contribution in [0.4, 0.5) is 0 Å². The van der Waals surface area contributed by atoms with Gasteiger partial charge in [0.1, 0.15) is 0 Å². The lowest BCUT2D eigenvalue weighted by Gasteiger charge is -2.36. The lowest BCUT2D eigenvalue weighted by Crippen LogP contribution is -2.44. The van der Waals surface area contributed by atoms with E-state index in [2.05, 4.69) is 69.7 Å². The Morgan fingerprint density at radius 3 is 2.37 bits per heavy atom. The highest BCUT2D eigenvalue weighted by atomic mass is 16.3. The zero-order valence-corrected chi connectivity index (χ0v) is 13.1. The van der Waals surface area contributed by atoms with Gasteiger partial charge in [-0.05, 0) is 30.5 Å². The molecule has 0 aliphatic rings. The van der Waals surface area contributed by atoms with Crippen LogP contribution >= 0.6 is 0 Å². The predicted octanol–water partition coefficient (Wildman–Crippen LogP) is 3.04. The molecule has 0 spiro atoms. The normalized spacial score (nSPS) is 14.2. The molecule has 0 aromatic carbocycles. The lowest BCUT2D eigenvalue weighted by atomic mass is 9.86. The summed E-state index contributed by atoms with van der Waals surface area (Å²) in [6.07, 6.45) is 0. The van der Waals surface area contributed by atoms with Crippen LogP contribution < -0.4 is 0 Å². The SMILES string of the molecule is CC(C)c1cccc(CN(C)C(CO)C(C)(C)C)n1. The van der Waals surface area contributed by atoms with Gasteiger partial charge in [-0.2, -0.15) is 0 Å². The molecule has 0 saturated heterocycles. The van der Waals surface area contributed by atoms with Gasteiger partial charge in [0.25, 0.3) is 0 Å². The van der Waals surface area contributed by atoms with Gasteiger partial charge in [0.05, 0.1) is 12.3 Å². The molecule has 3 heteroatoms. The van der Waals surface area contributed by atoms with Crippen LogP contribution in [0.1, 0.15) is 51.9 Å². The number of rotatable bonds is 5. The van der Waals surface area contributed by atoms with Gasteiger partial charge >= 0.3 is 0 Å². The highest BCUT2D eigenvalue weighted by Crippen LogP contribution is 2.24. The van der Waals surface area contributed by atoms with Crippen molar-refractivity contribution in [2.24, 2.45) is 5.41 Å². The topological polar surface area (TPSA) is 36.4 Å². The molecule has 1 atom stereocenters. The van der Waals surface area contributed by atoms with E-state index in [0.717, 1.165) is 17.9 Å². The van der Waals surface area contributed by atoms with Crippen molar-refractivity contribution >= 4 is 0 Å². The van der Waals surface area contributed by atoms with Crippen molar-refractivity contribution in [2.45, 2.75) is 53.1 Å². The molecule has 3 nitrogen and oxygen atoms in total. The molecule has 108 valence electrons. The van der Waals surface area contributed by atoms with Crippen LogP contribution in [-0.2, 0) is 6.54 Å².